The average molecular weight is 343 g/mol. The predicted octanol–water partition coefficient (Wildman–Crippen LogP) is 3.28. The van der Waals surface area contributed by atoms with Gasteiger partial charge in [-0.2, -0.15) is 0 Å². The number of nitrogens with one attached hydrogen (secondary N) is 1. The zero-order valence-corrected chi connectivity index (χ0v) is 15.5. The molecule has 0 aliphatic rings. The molecule has 3 N–H and O–H groups in total. The van der Waals surface area contributed by atoms with Gasteiger partial charge in [0.1, 0.15) is 5.75 Å². The molecule has 0 aliphatic carbocycles. The predicted molar refractivity (Wildman–Crippen MR) is 98.3 cm³/mol. The molecule has 132 valence electrons. The maximum Gasteiger partial charge on any atom is 0.230 e. The molecule has 0 saturated heterocycles. The summed E-state index contributed by atoms with van der Waals surface area (Å²) in [5.74, 6) is 1.38. The van der Waals surface area contributed by atoms with Crippen LogP contribution in [0.5, 0.6) is 5.75 Å². The van der Waals surface area contributed by atoms with Crippen molar-refractivity contribution >= 4 is 18.3 Å². The zero-order valence-electron chi connectivity index (χ0n) is 14.7. The minimum atomic E-state index is -0.556. The standard InChI is InChI=1S/C18H30N2O2.ClH/c1-14(2)13-22-16-9-7-15(8-10-16)18(3,4)17(21)20-12-6-5-11-19;/h7-10,14H,5-6,11-13,19H2,1-4H3,(H,20,21);1H. The number of nitrogens with two attached hydrogens (primary N) is 1. The Bertz CT molecular complexity index is 459. The molecule has 0 bridgehead atoms. The highest BCUT2D eigenvalue weighted by atomic mass is 35.5. The van der Waals surface area contributed by atoms with Crippen molar-refractivity contribution in [1.29, 1.82) is 0 Å². The number of carbonyl (C=O) groups excluding carboxylic acids is 1. The van der Waals surface area contributed by atoms with Crippen LogP contribution in [0.25, 0.3) is 0 Å². The van der Waals surface area contributed by atoms with Gasteiger partial charge in [-0.15, -0.1) is 12.4 Å². The summed E-state index contributed by atoms with van der Waals surface area (Å²) in [6.07, 6.45) is 1.85. The van der Waals surface area contributed by atoms with Gasteiger partial charge in [0.15, 0.2) is 0 Å². The lowest BCUT2D eigenvalue weighted by Gasteiger charge is -2.24. The summed E-state index contributed by atoms with van der Waals surface area (Å²) in [7, 11) is 0. The number of hydrogen-bond donors (Lipinski definition) is 2. The first-order valence-corrected chi connectivity index (χ1v) is 8.09. The van der Waals surface area contributed by atoms with E-state index in [0.717, 1.165) is 24.2 Å². The SMILES string of the molecule is CC(C)COc1ccc(C(C)(C)C(=O)NCCCCN)cc1.Cl. The van der Waals surface area contributed by atoms with Gasteiger partial charge in [0.25, 0.3) is 0 Å². The van der Waals surface area contributed by atoms with Gasteiger partial charge in [-0.1, -0.05) is 26.0 Å². The second-order valence-electron chi connectivity index (χ2n) is 6.61. The van der Waals surface area contributed by atoms with Gasteiger partial charge >= 0.3 is 0 Å². The number of rotatable bonds is 9. The van der Waals surface area contributed by atoms with Crippen LogP contribution in [-0.2, 0) is 10.2 Å². The van der Waals surface area contributed by atoms with Gasteiger partial charge in [0, 0.05) is 6.54 Å². The van der Waals surface area contributed by atoms with Gasteiger partial charge < -0.3 is 15.8 Å². The molecule has 1 aromatic carbocycles. The van der Waals surface area contributed by atoms with E-state index in [1.54, 1.807) is 0 Å². The van der Waals surface area contributed by atoms with E-state index in [4.69, 9.17) is 10.5 Å². The lowest BCUT2D eigenvalue weighted by Crippen LogP contribution is -2.40. The van der Waals surface area contributed by atoms with Crippen LogP contribution in [0.1, 0.15) is 46.1 Å². The molecule has 5 heteroatoms. The van der Waals surface area contributed by atoms with E-state index in [0.29, 0.717) is 25.6 Å². The Balaban J connectivity index is 0.00000484. The quantitative estimate of drug-likeness (QED) is 0.677. The second-order valence-corrected chi connectivity index (χ2v) is 6.61. The molecule has 23 heavy (non-hydrogen) atoms. The summed E-state index contributed by atoms with van der Waals surface area (Å²) in [5, 5.41) is 2.99. The highest BCUT2D eigenvalue weighted by molar-refractivity contribution is 5.87. The van der Waals surface area contributed by atoms with E-state index in [9.17, 15) is 4.79 Å². The lowest BCUT2D eigenvalue weighted by molar-refractivity contribution is -0.125. The lowest BCUT2D eigenvalue weighted by atomic mass is 9.83. The van der Waals surface area contributed by atoms with Gasteiger partial charge in [-0.05, 0) is 56.8 Å². The Morgan fingerprint density at radius 3 is 2.35 bits per heavy atom. The molecule has 0 spiro atoms. The maximum atomic E-state index is 12.4. The molecular weight excluding hydrogens is 312 g/mol. The third kappa shape index (κ3) is 7.23. The van der Waals surface area contributed by atoms with Crippen LogP contribution >= 0.6 is 12.4 Å². The van der Waals surface area contributed by atoms with Crippen LogP contribution < -0.4 is 15.8 Å². The van der Waals surface area contributed by atoms with E-state index in [2.05, 4.69) is 19.2 Å². The van der Waals surface area contributed by atoms with Crippen LogP contribution in [-0.4, -0.2) is 25.6 Å². The van der Waals surface area contributed by atoms with E-state index >= 15 is 0 Å². The van der Waals surface area contributed by atoms with Crippen molar-refractivity contribution in [2.45, 2.75) is 46.0 Å². The van der Waals surface area contributed by atoms with Crippen LogP contribution in [0.15, 0.2) is 24.3 Å². The monoisotopic (exact) mass is 342 g/mol. The molecule has 0 unspecified atom stereocenters. The first-order valence-electron chi connectivity index (χ1n) is 8.09. The Morgan fingerprint density at radius 2 is 1.83 bits per heavy atom. The van der Waals surface area contributed by atoms with Crippen LogP contribution in [0.3, 0.4) is 0 Å². The molecule has 0 atom stereocenters. The highest BCUT2D eigenvalue weighted by Crippen LogP contribution is 2.25. The minimum Gasteiger partial charge on any atom is -0.493 e. The Morgan fingerprint density at radius 1 is 1.22 bits per heavy atom. The molecule has 0 saturated carbocycles. The van der Waals surface area contributed by atoms with Gasteiger partial charge in [0.2, 0.25) is 5.91 Å². The normalized spacial score (nSPS) is 11.0. The summed E-state index contributed by atoms with van der Waals surface area (Å²) in [4.78, 5) is 12.4. The van der Waals surface area contributed by atoms with Crippen molar-refractivity contribution in [3.05, 3.63) is 29.8 Å². The third-order valence-electron chi connectivity index (χ3n) is 3.64. The van der Waals surface area contributed by atoms with Crippen LogP contribution in [0, 0.1) is 5.92 Å². The molecule has 4 nitrogen and oxygen atoms in total. The highest BCUT2D eigenvalue weighted by Gasteiger charge is 2.29. The fraction of sp³-hybridized carbons (Fsp3) is 0.611. The fourth-order valence-electron chi connectivity index (χ4n) is 2.05. The second kappa shape index (κ2) is 10.5. The van der Waals surface area contributed by atoms with E-state index in [1.165, 1.54) is 0 Å². The van der Waals surface area contributed by atoms with Crippen molar-refractivity contribution in [3.8, 4) is 5.75 Å². The number of benzene rings is 1. The van der Waals surface area contributed by atoms with Crippen LogP contribution in [0.4, 0.5) is 0 Å². The van der Waals surface area contributed by atoms with E-state index < -0.39 is 5.41 Å². The molecule has 0 fully saturated rings. The van der Waals surface area contributed by atoms with Gasteiger partial charge in [0.05, 0.1) is 12.0 Å². The first-order chi connectivity index (χ1) is 10.4. The molecule has 1 rings (SSSR count). The average Bonchev–Trinajstić information content (AvgIpc) is 2.49. The number of hydrogen-bond acceptors (Lipinski definition) is 3. The summed E-state index contributed by atoms with van der Waals surface area (Å²) in [5.41, 5.74) is 5.89. The zero-order chi connectivity index (χ0) is 16.6. The summed E-state index contributed by atoms with van der Waals surface area (Å²) < 4.78 is 5.67. The number of amides is 1. The molecule has 0 heterocycles. The van der Waals surface area contributed by atoms with Gasteiger partial charge in [-0.25, -0.2) is 0 Å². The first kappa shape index (κ1) is 21.7. The van der Waals surface area contributed by atoms with E-state index in [-0.39, 0.29) is 18.3 Å². The Hall–Kier alpha value is -1.26. The minimum absolute atomic E-state index is 0. The molecular formula is C18H31ClN2O2. The topological polar surface area (TPSA) is 64.3 Å². The third-order valence-corrected chi connectivity index (χ3v) is 3.64. The largest absolute Gasteiger partial charge is 0.493 e. The number of unbranched alkanes of at least 4 members (excludes halogenated alkanes) is 1. The maximum absolute atomic E-state index is 12.4. The fourth-order valence-corrected chi connectivity index (χ4v) is 2.05. The summed E-state index contributed by atoms with van der Waals surface area (Å²) in [6, 6.07) is 7.80. The Labute approximate surface area is 146 Å². The number of carbonyl (C=O) groups is 1. The van der Waals surface area contributed by atoms with Crippen molar-refractivity contribution in [3.63, 3.8) is 0 Å². The number of halogens is 1. The summed E-state index contributed by atoms with van der Waals surface area (Å²) in [6.45, 7) is 10.2. The summed E-state index contributed by atoms with van der Waals surface area (Å²) >= 11 is 0. The van der Waals surface area contributed by atoms with E-state index in [1.807, 2.05) is 38.1 Å². The molecule has 0 aliphatic heterocycles. The molecule has 0 radical (unpaired) electrons. The number of ether oxygens (including phenoxy) is 1. The molecule has 1 amide bonds. The van der Waals surface area contributed by atoms with Crippen molar-refractivity contribution in [1.82, 2.24) is 5.32 Å². The van der Waals surface area contributed by atoms with Crippen molar-refractivity contribution in [2.75, 3.05) is 19.7 Å². The molecule has 1 aromatic rings. The Kier molecular flexibility index (Phi) is 9.93. The van der Waals surface area contributed by atoms with Crippen molar-refractivity contribution < 1.29 is 9.53 Å². The van der Waals surface area contributed by atoms with Crippen molar-refractivity contribution in [2.24, 2.45) is 11.7 Å². The smallest absolute Gasteiger partial charge is 0.230 e. The van der Waals surface area contributed by atoms with Gasteiger partial charge in [-0.3, -0.25) is 4.79 Å². The van der Waals surface area contributed by atoms with Crippen LogP contribution in [0.2, 0.25) is 0 Å². The molecule has 0 aromatic heterocycles.